The van der Waals surface area contributed by atoms with Gasteiger partial charge in [0, 0.05) is 10.5 Å². The van der Waals surface area contributed by atoms with Crippen LogP contribution in [0.5, 0.6) is 0 Å². The highest BCUT2D eigenvalue weighted by atomic mass is 32.2. The van der Waals surface area contributed by atoms with Crippen LogP contribution in [0.25, 0.3) is 21.9 Å². The Hall–Kier alpha value is -2.79. The van der Waals surface area contributed by atoms with E-state index in [0.29, 0.717) is 0 Å². The van der Waals surface area contributed by atoms with Gasteiger partial charge >= 0.3 is 5.97 Å². The molecule has 0 heterocycles. The van der Waals surface area contributed by atoms with Gasteiger partial charge < -0.3 is 9.94 Å². The van der Waals surface area contributed by atoms with Crippen molar-refractivity contribution in [2.45, 2.75) is 4.90 Å². The molecule has 0 saturated carbocycles. The van der Waals surface area contributed by atoms with E-state index in [4.69, 9.17) is 9.94 Å². The lowest BCUT2D eigenvalue weighted by Crippen LogP contribution is -2.03. The summed E-state index contributed by atoms with van der Waals surface area (Å²) in [5, 5.41) is 14.6. The van der Waals surface area contributed by atoms with Crippen molar-refractivity contribution in [2.75, 3.05) is 12.9 Å². The number of hydrogen-bond donors (Lipinski definition) is 1. The predicted molar refractivity (Wildman–Crippen MR) is 102 cm³/mol. The van der Waals surface area contributed by atoms with Gasteiger partial charge in [-0.2, -0.15) is 0 Å². The molecule has 4 nitrogen and oxygen atoms in total. The van der Waals surface area contributed by atoms with Gasteiger partial charge in [-0.1, -0.05) is 53.7 Å². The zero-order valence-electron chi connectivity index (χ0n) is 13.7. The van der Waals surface area contributed by atoms with E-state index in [1.54, 1.807) is 18.0 Å². The fraction of sp³-hybridized carbons (Fsp3) is 0.100. The SMILES string of the molecule is CSc1ccc(-c2ccc3ccccc3c2C=NOCC(=O)O)cc1. The number of carboxylic acid groups (broad SMARTS) is 1. The lowest BCUT2D eigenvalue weighted by atomic mass is 9.95. The Balaban J connectivity index is 2.07. The average Bonchev–Trinajstić information content (AvgIpc) is 2.65. The molecule has 0 saturated heterocycles. The molecule has 126 valence electrons. The zero-order chi connectivity index (χ0) is 17.6. The lowest BCUT2D eigenvalue weighted by molar-refractivity contribution is -0.142. The number of benzene rings is 3. The molecule has 0 aliphatic carbocycles. The van der Waals surface area contributed by atoms with Crippen LogP contribution in [0.1, 0.15) is 5.56 Å². The number of aliphatic carboxylic acids is 1. The summed E-state index contributed by atoms with van der Waals surface area (Å²) in [6, 6.07) is 20.4. The number of carboxylic acids is 1. The van der Waals surface area contributed by atoms with Crippen molar-refractivity contribution in [1.82, 2.24) is 0 Å². The number of rotatable bonds is 6. The van der Waals surface area contributed by atoms with Crippen molar-refractivity contribution in [2.24, 2.45) is 5.16 Å². The minimum Gasteiger partial charge on any atom is -0.479 e. The van der Waals surface area contributed by atoms with E-state index >= 15 is 0 Å². The van der Waals surface area contributed by atoms with Crippen LogP contribution < -0.4 is 0 Å². The molecule has 0 radical (unpaired) electrons. The first kappa shape index (κ1) is 17.0. The van der Waals surface area contributed by atoms with E-state index in [1.807, 2.05) is 30.5 Å². The number of nitrogens with zero attached hydrogens (tertiary/aromatic N) is 1. The van der Waals surface area contributed by atoms with Crippen LogP contribution in [0, 0.1) is 0 Å². The van der Waals surface area contributed by atoms with Gasteiger partial charge in [-0.05, 0) is 40.3 Å². The summed E-state index contributed by atoms with van der Waals surface area (Å²) in [5.41, 5.74) is 3.00. The fourth-order valence-electron chi connectivity index (χ4n) is 2.64. The second kappa shape index (κ2) is 7.85. The molecule has 0 fully saturated rings. The van der Waals surface area contributed by atoms with Gasteiger partial charge in [-0.3, -0.25) is 0 Å². The van der Waals surface area contributed by atoms with Crippen molar-refractivity contribution >= 4 is 34.7 Å². The van der Waals surface area contributed by atoms with Gasteiger partial charge in [-0.15, -0.1) is 11.8 Å². The molecule has 3 aromatic carbocycles. The standard InChI is InChI=1S/C20H17NO3S/c1-25-16-9-6-15(7-10-16)18-11-8-14-4-2-3-5-17(14)19(18)12-21-24-13-20(22)23/h2-12H,13H2,1H3,(H,22,23). The summed E-state index contributed by atoms with van der Waals surface area (Å²) >= 11 is 1.70. The minimum atomic E-state index is -1.05. The molecule has 0 aliphatic heterocycles. The highest BCUT2D eigenvalue weighted by molar-refractivity contribution is 7.98. The molecule has 0 bridgehead atoms. The van der Waals surface area contributed by atoms with Crippen molar-refractivity contribution < 1.29 is 14.7 Å². The van der Waals surface area contributed by atoms with Crippen LogP contribution in [0.4, 0.5) is 0 Å². The van der Waals surface area contributed by atoms with Gasteiger partial charge in [0.1, 0.15) is 0 Å². The van der Waals surface area contributed by atoms with Crippen LogP contribution >= 0.6 is 11.8 Å². The summed E-state index contributed by atoms with van der Waals surface area (Å²) in [6.07, 6.45) is 3.63. The Labute approximate surface area is 150 Å². The first-order valence-electron chi connectivity index (χ1n) is 7.72. The number of thioether (sulfide) groups is 1. The molecule has 5 heteroatoms. The summed E-state index contributed by atoms with van der Waals surface area (Å²) in [7, 11) is 0. The van der Waals surface area contributed by atoms with Crippen LogP contribution in [0.2, 0.25) is 0 Å². The van der Waals surface area contributed by atoms with Gasteiger partial charge in [-0.25, -0.2) is 4.79 Å². The van der Waals surface area contributed by atoms with E-state index in [0.717, 1.165) is 27.5 Å². The number of hydrogen-bond acceptors (Lipinski definition) is 4. The Bertz CT molecular complexity index is 920. The van der Waals surface area contributed by atoms with Crippen LogP contribution in [0.15, 0.2) is 70.7 Å². The maximum absolute atomic E-state index is 10.6. The van der Waals surface area contributed by atoms with Gasteiger partial charge in [0.05, 0.1) is 6.21 Å². The predicted octanol–water partition coefficient (Wildman–Crippen LogP) is 4.66. The second-order valence-electron chi connectivity index (χ2n) is 5.38. The molecular weight excluding hydrogens is 334 g/mol. The van der Waals surface area contributed by atoms with Crippen LogP contribution in [0.3, 0.4) is 0 Å². The third-order valence-corrected chi connectivity index (χ3v) is 4.56. The maximum Gasteiger partial charge on any atom is 0.344 e. The first-order valence-corrected chi connectivity index (χ1v) is 8.95. The molecule has 0 atom stereocenters. The summed E-state index contributed by atoms with van der Waals surface area (Å²) in [4.78, 5) is 16.6. The third kappa shape index (κ3) is 4.00. The smallest absolute Gasteiger partial charge is 0.344 e. The largest absolute Gasteiger partial charge is 0.479 e. The Kier molecular flexibility index (Phi) is 5.36. The zero-order valence-corrected chi connectivity index (χ0v) is 14.5. The Morgan fingerprint density at radius 2 is 1.88 bits per heavy atom. The minimum absolute atomic E-state index is 0.459. The monoisotopic (exact) mass is 351 g/mol. The molecule has 0 aromatic heterocycles. The molecule has 0 aliphatic rings. The fourth-order valence-corrected chi connectivity index (χ4v) is 3.05. The van der Waals surface area contributed by atoms with E-state index in [-0.39, 0.29) is 0 Å². The van der Waals surface area contributed by atoms with Crippen LogP contribution in [-0.2, 0) is 9.63 Å². The summed E-state index contributed by atoms with van der Waals surface area (Å²) in [5.74, 6) is -1.05. The Morgan fingerprint density at radius 3 is 2.60 bits per heavy atom. The molecular formula is C20H17NO3S. The van der Waals surface area contributed by atoms with Crippen molar-refractivity contribution in [3.63, 3.8) is 0 Å². The quantitative estimate of drug-likeness (QED) is 0.398. The van der Waals surface area contributed by atoms with Crippen molar-refractivity contribution in [3.8, 4) is 11.1 Å². The maximum atomic E-state index is 10.6. The number of fused-ring (bicyclic) bond motifs is 1. The molecule has 3 rings (SSSR count). The molecule has 0 spiro atoms. The topological polar surface area (TPSA) is 58.9 Å². The van der Waals surface area contributed by atoms with E-state index in [2.05, 4.69) is 41.6 Å². The van der Waals surface area contributed by atoms with E-state index < -0.39 is 12.6 Å². The van der Waals surface area contributed by atoms with Crippen molar-refractivity contribution in [3.05, 3.63) is 66.2 Å². The van der Waals surface area contributed by atoms with Gasteiger partial charge in [0.15, 0.2) is 0 Å². The number of carbonyl (C=O) groups is 1. The summed E-state index contributed by atoms with van der Waals surface area (Å²) < 4.78 is 0. The first-order chi connectivity index (χ1) is 12.2. The second-order valence-corrected chi connectivity index (χ2v) is 6.26. The van der Waals surface area contributed by atoms with Gasteiger partial charge in [0.25, 0.3) is 0 Å². The highest BCUT2D eigenvalue weighted by Crippen LogP contribution is 2.30. The van der Waals surface area contributed by atoms with Crippen LogP contribution in [-0.4, -0.2) is 30.2 Å². The third-order valence-electron chi connectivity index (χ3n) is 3.82. The number of oxime groups is 1. The lowest BCUT2D eigenvalue weighted by Gasteiger charge is -2.10. The Morgan fingerprint density at radius 1 is 1.12 bits per heavy atom. The van der Waals surface area contributed by atoms with E-state index in [9.17, 15) is 4.79 Å². The van der Waals surface area contributed by atoms with Gasteiger partial charge in [0.2, 0.25) is 6.61 Å². The molecule has 0 unspecified atom stereocenters. The molecule has 1 N–H and O–H groups in total. The molecule has 25 heavy (non-hydrogen) atoms. The molecule has 3 aromatic rings. The normalized spacial score (nSPS) is 11.1. The highest BCUT2D eigenvalue weighted by Gasteiger charge is 2.08. The molecule has 0 amide bonds. The average molecular weight is 351 g/mol. The van der Waals surface area contributed by atoms with E-state index in [1.165, 1.54) is 4.90 Å². The van der Waals surface area contributed by atoms with Crippen molar-refractivity contribution in [1.29, 1.82) is 0 Å². The summed E-state index contributed by atoms with van der Waals surface area (Å²) in [6.45, 7) is -0.459.